The van der Waals surface area contributed by atoms with Gasteiger partial charge in [-0.3, -0.25) is 4.90 Å². The van der Waals surface area contributed by atoms with E-state index < -0.39 is 0 Å². The number of hydrogen-bond acceptors (Lipinski definition) is 2. The van der Waals surface area contributed by atoms with Gasteiger partial charge in [-0.05, 0) is 57.2 Å². The summed E-state index contributed by atoms with van der Waals surface area (Å²) >= 11 is 0. The fraction of sp³-hybridized carbons (Fsp3) is 1.00. The number of piperidine rings is 1. The molecule has 2 fully saturated rings. The van der Waals surface area contributed by atoms with Crippen LogP contribution in [0, 0.1) is 5.41 Å². The van der Waals surface area contributed by atoms with Crippen LogP contribution in [-0.2, 0) is 0 Å². The van der Waals surface area contributed by atoms with Crippen LogP contribution in [0.25, 0.3) is 0 Å². The molecule has 0 radical (unpaired) electrons. The maximum absolute atomic E-state index is 2.92. The molecule has 0 aromatic heterocycles. The van der Waals surface area contributed by atoms with Gasteiger partial charge in [-0.25, -0.2) is 0 Å². The molecular weight excluding hydrogens is 388 g/mol. The van der Waals surface area contributed by atoms with Gasteiger partial charge in [0.1, 0.15) is 0 Å². The Kier molecular flexibility index (Phi) is 15.3. The number of unbranched alkanes of at least 4 members (excludes halogenated alkanes) is 13. The Morgan fingerprint density at radius 2 is 1.00 bits per heavy atom. The average molecular weight is 449 g/mol. The van der Waals surface area contributed by atoms with Gasteiger partial charge in [0.25, 0.3) is 0 Å². The van der Waals surface area contributed by atoms with Gasteiger partial charge in [0, 0.05) is 19.1 Å². The molecule has 2 nitrogen and oxygen atoms in total. The summed E-state index contributed by atoms with van der Waals surface area (Å²) in [5.74, 6) is 0. The van der Waals surface area contributed by atoms with Crippen molar-refractivity contribution in [2.75, 3.05) is 32.7 Å². The lowest BCUT2D eigenvalue weighted by Crippen LogP contribution is -2.63. The van der Waals surface area contributed by atoms with E-state index in [0.717, 1.165) is 6.04 Å². The molecule has 2 saturated heterocycles. The van der Waals surface area contributed by atoms with E-state index in [2.05, 4.69) is 30.6 Å². The fourth-order valence-electron chi connectivity index (χ4n) is 6.23. The quantitative estimate of drug-likeness (QED) is 0.172. The molecule has 2 rings (SSSR count). The average Bonchev–Trinajstić information content (AvgIpc) is 2.79. The third kappa shape index (κ3) is 10.9. The Balaban J connectivity index is 1.64. The second-order valence-electron chi connectivity index (χ2n) is 11.6. The van der Waals surface area contributed by atoms with Gasteiger partial charge >= 0.3 is 0 Å². The van der Waals surface area contributed by atoms with Crippen LogP contribution < -0.4 is 0 Å². The summed E-state index contributed by atoms with van der Waals surface area (Å²) in [6, 6.07) is 0.894. The Bertz CT molecular complexity index is 405. The smallest absolute Gasteiger partial charge is 0.00957 e. The van der Waals surface area contributed by atoms with E-state index in [1.807, 2.05) is 0 Å². The van der Waals surface area contributed by atoms with Crippen molar-refractivity contribution in [3.8, 4) is 0 Å². The molecule has 2 aliphatic heterocycles. The molecule has 0 aromatic carbocycles. The number of nitrogens with zero attached hydrogens (tertiary/aromatic N) is 2. The van der Waals surface area contributed by atoms with Crippen molar-refractivity contribution in [3.05, 3.63) is 0 Å². The maximum Gasteiger partial charge on any atom is 0.00957 e. The summed E-state index contributed by atoms with van der Waals surface area (Å²) in [5.41, 5.74) is 0.695. The third-order valence-electron chi connectivity index (χ3n) is 8.62. The van der Waals surface area contributed by atoms with Gasteiger partial charge in [0.15, 0.2) is 0 Å². The van der Waals surface area contributed by atoms with Gasteiger partial charge in [-0.2, -0.15) is 0 Å². The molecular formula is C30H60N2. The van der Waals surface area contributed by atoms with E-state index in [-0.39, 0.29) is 0 Å². The lowest BCUT2D eigenvalue weighted by Gasteiger charge is -2.57. The molecule has 0 amide bonds. The van der Waals surface area contributed by atoms with Crippen LogP contribution in [-0.4, -0.2) is 48.6 Å². The Morgan fingerprint density at radius 3 is 1.50 bits per heavy atom. The first-order valence-electron chi connectivity index (χ1n) is 15.2. The zero-order valence-corrected chi connectivity index (χ0v) is 22.6. The van der Waals surface area contributed by atoms with Crippen molar-refractivity contribution in [2.24, 2.45) is 5.41 Å². The van der Waals surface area contributed by atoms with E-state index in [1.165, 1.54) is 161 Å². The van der Waals surface area contributed by atoms with Crippen molar-refractivity contribution in [1.29, 1.82) is 0 Å². The summed E-state index contributed by atoms with van der Waals surface area (Å²) in [7, 11) is 0. The molecule has 0 aromatic rings. The standard InChI is InChI=1S/C30H60N2/c1-4-7-10-13-16-19-24-31-25-22-30(23-26-31)27-32(28-30)29(20-17-14-11-8-5-2)21-18-15-12-9-6-3/h29H,4-28H2,1-3H3. The minimum atomic E-state index is 0.695. The van der Waals surface area contributed by atoms with Crippen LogP contribution in [0.15, 0.2) is 0 Å². The van der Waals surface area contributed by atoms with Crippen molar-refractivity contribution < 1.29 is 0 Å². The fourth-order valence-corrected chi connectivity index (χ4v) is 6.23. The molecule has 2 aliphatic rings. The second kappa shape index (κ2) is 17.4. The zero-order valence-electron chi connectivity index (χ0n) is 22.6. The van der Waals surface area contributed by atoms with Gasteiger partial charge in [-0.1, -0.05) is 117 Å². The summed E-state index contributed by atoms with van der Waals surface area (Å²) in [4.78, 5) is 5.70. The first kappa shape index (κ1) is 28.2. The Labute approximate surface area is 203 Å². The van der Waals surface area contributed by atoms with E-state index >= 15 is 0 Å². The highest BCUT2D eigenvalue weighted by Gasteiger charge is 2.46. The molecule has 0 saturated carbocycles. The summed E-state index contributed by atoms with van der Waals surface area (Å²) in [6.07, 6.45) is 28.9. The van der Waals surface area contributed by atoms with Crippen LogP contribution in [0.4, 0.5) is 0 Å². The van der Waals surface area contributed by atoms with Crippen molar-refractivity contribution in [3.63, 3.8) is 0 Å². The molecule has 0 unspecified atom stereocenters. The molecule has 2 heteroatoms. The van der Waals surface area contributed by atoms with Gasteiger partial charge in [-0.15, -0.1) is 0 Å². The Hall–Kier alpha value is -0.0800. The predicted octanol–water partition coefficient (Wildman–Crippen LogP) is 8.83. The minimum Gasteiger partial charge on any atom is -0.303 e. The molecule has 0 bridgehead atoms. The molecule has 190 valence electrons. The number of hydrogen-bond donors (Lipinski definition) is 0. The normalized spacial score (nSPS) is 19.1. The van der Waals surface area contributed by atoms with Crippen molar-refractivity contribution >= 4 is 0 Å². The van der Waals surface area contributed by atoms with Crippen LogP contribution in [0.3, 0.4) is 0 Å². The Morgan fingerprint density at radius 1 is 0.562 bits per heavy atom. The monoisotopic (exact) mass is 448 g/mol. The lowest BCUT2D eigenvalue weighted by molar-refractivity contribution is -0.0732. The van der Waals surface area contributed by atoms with E-state index in [0.29, 0.717) is 5.41 Å². The first-order chi connectivity index (χ1) is 15.7. The molecule has 0 aliphatic carbocycles. The predicted molar refractivity (Wildman–Crippen MR) is 144 cm³/mol. The van der Waals surface area contributed by atoms with Crippen molar-refractivity contribution in [1.82, 2.24) is 9.80 Å². The number of likely N-dealkylation sites (tertiary alicyclic amines) is 2. The highest BCUT2D eigenvalue weighted by atomic mass is 15.2. The molecule has 1 spiro atoms. The molecule has 0 atom stereocenters. The van der Waals surface area contributed by atoms with Gasteiger partial charge < -0.3 is 4.90 Å². The SMILES string of the molecule is CCCCCCCCN1CCC2(CC1)CN(C(CCCCCCC)CCCCCCC)C2. The van der Waals surface area contributed by atoms with E-state index in [9.17, 15) is 0 Å². The van der Waals surface area contributed by atoms with Crippen LogP contribution >= 0.6 is 0 Å². The topological polar surface area (TPSA) is 6.48 Å². The van der Waals surface area contributed by atoms with Crippen LogP contribution in [0.5, 0.6) is 0 Å². The van der Waals surface area contributed by atoms with E-state index in [4.69, 9.17) is 0 Å². The zero-order chi connectivity index (χ0) is 22.9. The van der Waals surface area contributed by atoms with Crippen LogP contribution in [0.2, 0.25) is 0 Å². The summed E-state index contributed by atoms with van der Waals surface area (Å²) in [5, 5.41) is 0. The van der Waals surface area contributed by atoms with Crippen molar-refractivity contribution in [2.45, 2.75) is 155 Å². The second-order valence-corrected chi connectivity index (χ2v) is 11.6. The highest BCUT2D eigenvalue weighted by molar-refractivity contribution is 5.00. The van der Waals surface area contributed by atoms with E-state index in [1.54, 1.807) is 0 Å². The molecule has 2 heterocycles. The third-order valence-corrected chi connectivity index (χ3v) is 8.62. The molecule has 32 heavy (non-hydrogen) atoms. The maximum atomic E-state index is 2.92. The summed E-state index contributed by atoms with van der Waals surface area (Å²) in [6.45, 7) is 13.9. The highest BCUT2D eigenvalue weighted by Crippen LogP contribution is 2.42. The number of rotatable bonds is 20. The largest absolute Gasteiger partial charge is 0.303 e. The lowest BCUT2D eigenvalue weighted by atomic mass is 9.71. The van der Waals surface area contributed by atoms with Crippen LogP contribution in [0.1, 0.15) is 149 Å². The van der Waals surface area contributed by atoms with Gasteiger partial charge in [0.05, 0.1) is 0 Å². The summed E-state index contributed by atoms with van der Waals surface area (Å²) < 4.78 is 0. The van der Waals surface area contributed by atoms with Gasteiger partial charge in [0.2, 0.25) is 0 Å². The molecule has 0 N–H and O–H groups in total. The minimum absolute atomic E-state index is 0.695. The first-order valence-corrected chi connectivity index (χ1v) is 15.2.